The zero-order valence-corrected chi connectivity index (χ0v) is 18.0. The van der Waals surface area contributed by atoms with E-state index in [0.29, 0.717) is 31.2 Å². The average molecular weight is 448 g/mol. The third-order valence-electron chi connectivity index (χ3n) is 5.23. The first-order valence-corrected chi connectivity index (χ1v) is 10.3. The van der Waals surface area contributed by atoms with Crippen LogP contribution in [0.1, 0.15) is 5.56 Å². The monoisotopic (exact) mass is 447 g/mol. The summed E-state index contributed by atoms with van der Waals surface area (Å²) in [4.78, 5) is 28.3. The van der Waals surface area contributed by atoms with Crippen LogP contribution in [-0.4, -0.2) is 72.4 Å². The largest absolute Gasteiger partial charge is 0.497 e. The number of amides is 2. The molecular formula is C22H26ClN3O5. The fourth-order valence-electron chi connectivity index (χ4n) is 3.34. The van der Waals surface area contributed by atoms with Crippen LogP contribution < -0.4 is 15.0 Å². The highest BCUT2D eigenvalue weighted by Gasteiger charge is 2.34. The van der Waals surface area contributed by atoms with Crippen LogP contribution in [0.4, 0.5) is 5.69 Å². The molecular weight excluding hydrogens is 422 g/mol. The van der Waals surface area contributed by atoms with Crippen molar-refractivity contribution in [3.05, 3.63) is 59.1 Å². The minimum Gasteiger partial charge on any atom is -0.497 e. The van der Waals surface area contributed by atoms with Crippen molar-refractivity contribution in [2.45, 2.75) is 18.8 Å². The predicted octanol–water partition coefficient (Wildman–Crippen LogP) is 1.04. The summed E-state index contributed by atoms with van der Waals surface area (Å²) in [5.74, 6) is -0.708. The van der Waals surface area contributed by atoms with E-state index in [4.69, 9.17) is 16.3 Å². The molecule has 2 aromatic rings. The Balaban J connectivity index is 1.48. The minimum absolute atomic E-state index is 0.147. The van der Waals surface area contributed by atoms with Gasteiger partial charge in [0.2, 0.25) is 0 Å². The van der Waals surface area contributed by atoms with E-state index >= 15 is 0 Å². The molecule has 8 nitrogen and oxygen atoms in total. The van der Waals surface area contributed by atoms with Crippen LogP contribution in [0.15, 0.2) is 48.5 Å². The van der Waals surface area contributed by atoms with Crippen molar-refractivity contribution in [1.29, 1.82) is 0 Å². The Morgan fingerprint density at radius 2 is 1.61 bits per heavy atom. The molecule has 1 aliphatic heterocycles. The Bertz CT molecular complexity index is 883. The maximum Gasteiger partial charge on any atom is 0.254 e. The summed E-state index contributed by atoms with van der Waals surface area (Å²) in [5.41, 5.74) is 1.79. The number of aliphatic hydroxyl groups is 2. The van der Waals surface area contributed by atoms with Gasteiger partial charge in [-0.3, -0.25) is 9.59 Å². The smallest absolute Gasteiger partial charge is 0.254 e. The molecule has 3 rings (SSSR count). The second kappa shape index (κ2) is 10.5. The lowest BCUT2D eigenvalue weighted by atomic mass is 10.1. The molecule has 1 fully saturated rings. The second-order valence-corrected chi connectivity index (χ2v) is 7.68. The van der Waals surface area contributed by atoms with E-state index in [1.165, 1.54) is 4.90 Å². The van der Waals surface area contributed by atoms with Gasteiger partial charge in [-0.1, -0.05) is 23.7 Å². The van der Waals surface area contributed by atoms with E-state index in [1.807, 2.05) is 24.3 Å². The number of benzene rings is 2. The third-order valence-corrected chi connectivity index (χ3v) is 5.48. The minimum atomic E-state index is -1.85. The van der Waals surface area contributed by atoms with E-state index in [2.05, 4.69) is 10.2 Å². The van der Waals surface area contributed by atoms with Crippen LogP contribution in [0.5, 0.6) is 5.75 Å². The summed E-state index contributed by atoms with van der Waals surface area (Å²) in [6.07, 6.45) is -3.67. The molecule has 1 aliphatic rings. The zero-order chi connectivity index (χ0) is 22.4. The zero-order valence-electron chi connectivity index (χ0n) is 17.2. The summed E-state index contributed by atoms with van der Waals surface area (Å²) in [6.45, 7) is 2.05. The molecule has 1 saturated heterocycles. The molecule has 1 heterocycles. The molecule has 2 atom stereocenters. The number of methoxy groups -OCH3 is 1. The number of hydrogen-bond acceptors (Lipinski definition) is 6. The number of ether oxygens (including phenoxy) is 1. The van der Waals surface area contributed by atoms with Gasteiger partial charge in [0.25, 0.3) is 11.8 Å². The number of anilines is 1. The van der Waals surface area contributed by atoms with Crippen molar-refractivity contribution >= 4 is 29.1 Å². The summed E-state index contributed by atoms with van der Waals surface area (Å²) >= 11 is 5.82. The maximum absolute atomic E-state index is 12.6. The number of halogens is 1. The topological polar surface area (TPSA) is 102 Å². The first kappa shape index (κ1) is 22.9. The van der Waals surface area contributed by atoms with E-state index in [9.17, 15) is 19.8 Å². The van der Waals surface area contributed by atoms with Crippen LogP contribution in [0.25, 0.3) is 0 Å². The third kappa shape index (κ3) is 5.88. The first-order chi connectivity index (χ1) is 14.9. The van der Waals surface area contributed by atoms with Gasteiger partial charge in [0, 0.05) is 43.4 Å². The van der Waals surface area contributed by atoms with E-state index in [-0.39, 0.29) is 6.54 Å². The number of carbonyl (C=O) groups excluding carboxylic acids is 2. The van der Waals surface area contributed by atoms with Crippen LogP contribution in [0.2, 0.25) is 5.02 Å². The number of rotatable bonds is 7. The van der Waals surface area contributed by atoms with Crippen LogP contribution in [0.3, 0.4) is 0 Å². The van der Waals surface area contributed by atoms with E-state index in [0.717, 1.165) is 17.0 Å². The molecule has 0 bridgehead atoms. The Kier molecular flexibility index (Phi) is 7.73. The van der Waals surface area contributed by atoms with Gasteiger partial charge in [-0.05, 0) is 42.0 Å². The maximum atomic E-state index is 12.6. The highest BCUT2D eigenvalue weighted by atomic mass is 35.5. The summed E-state index contributed by atoms with van der Waals surface area (Å²) in [6, 6.07) is 14.5. The fourth-order valence-corrected chi connectivity index (χ4v) is 3.47. The number of nitrogens with one attached hydrogen (secondary N) is 1. The van der Waals surface area contributed by atoms with Crippen molar-refractivity contribution in [3.63, 3.8) is 0 Å². The summed E-state index contributed by atoms with van der Waals surface area (Å²) in [5, 5.41) is 23.5. The SMILES string of the molecule is COc1ccc(N2CCN(C(=O)[C@H](O)[C@@H](O)C(=O)NCc3ccc(Cl)cc3)CC2)cc1. The van der Waals surface area contributed by atoms with Gasteiger partial charge in [-0.25, -0.2) is 0 Å². The molecule has 2 aromatic carbocycles. The van der Waals surface area contributed by atoms with E-state index < -0.39 is 24.0 Å². The number of carbonyl (C=O) groups is 2. The van der Waals surface area contributed by atoms with Crippen molar-refractivity contribution < 1.29 is 24.5 Å². The first-order valence-electron chi connectivity index (χ1n) is 9.95. The van der Waals surface area contributed by atoms with Gasteiger partial charge in [0.15, 0.2) is 12.2 Å². The standard InChI is InChI=1S/C22H26ClN3O5/c1-31-18-8-6-17(7-9-18)25-10-12-26(13-11-25)22(30)20(28)19(27)21(29)24-14-15-2-4-16(23)5-3-15/h2-9,19-20,27-28H,10-14H2,1H3,(H,24,29)/t19-,20-/m1/s1. The quantitative estimate of drug-likeness (QED) is 0.586. The molecule has 0 aliphatic carbocycles. The number of nitrogens with zero attached hydrogens (tertiary/aromatic N) is 2. The van der Waals surface area contributed by atoms with Crippen LogP contribution >= 0.6 is 11.6 Å². The van der Waals surface area contributed by atoms with Crippen LogP contribution in [0, 0.1) is 0 Å². The molecule has 3 N–H and O–H groups in total. The predicted molar refractivity (Wildman–Crippen MR) is 117 cm³/mol. The van der Waals surface area contributed by atoms with Crippen molar-refractivity contribution in [2.75, 3.05) is 38.2 Å². The Hall–Kier alpha value is -2.81. The van der Waals surface area contributed by atoms with Crippen molar-refractivity contribution in [3.8, 4) is 5.75 Å². The molecule has 0 spiro atoms. The molecule has 0 aromatic heterocycles. The van der Waals surface area contributed by atoms with Gasteiger partial charge < -0.3 is 30.1 Å². The van der Waals surface area contributed by atoms with Gasteiger partial charge in [0.05, 0.1) is 7.11 Å². The van der Waals surface area contributed by atoms with Gasteiger partial charge in [-0.2, -0.15) is 0 Å². The van der Waals surface area contributed by atoms with Crippen LogP contribution in [-0.2, 0) is 16.1 Å². The normalized spacial score (nSPS) is 15.9. The Morgan fingerprint density at radius 3 is 2.19 bits per heavy atom. The number of hydrogen-bond donors (Lipinski definition) is 3. The van der Waals surface area contributed by atoms with Gasteiger partial charge >= 0.3 is 0 Å². The average Bonchev–Trinajstić information content (AvgIpc) is 2.82. The molecule has 0 unspecified atom stereocenters. The Labute approximate surface area is 186 Å². The number of piperazine rings is 1. The van der Waals surface area contributed by atoms with Crippen molar-refractivity contribution in [2.24, 2.45) is 0 Å². The van der Waals surface area contributed by atoms with E-state index in [1.54, 1.807) is 31.4 Å². The molecule has 166 valence electrons. The molecule has 2 amide bonds. The lowest BCUT2D eigenvalue weighted by Gasteiger charge is -2.37. The lowest BCUT2D eigenvalue weighted by Crippen LogP contribution is -2.55. The Morgan fingerprint density at radius 1 is 1.00 bits per heavy atom. The molecule has 0 saturated carbocycles. The summed E-state index contributed by atoms with van der Waals surface area (Å²) in [7, 11) is 1.61. The highest BCUT2D eigenvalue weighted by Crippen LogP contribution is 2.21. The molecule has 0 radical (unpaired) electrons. The second-order valence-electron chi connectivity index (χ2n) is 7.24. The highest BCUT2D eigenvalue weighted by molar-refractivity contribution is 6.30. The fraction of sp³-hybridized carbons (Fsp3) is 0.364. The lowest BCUT2D eigenvalue weighted by molar-refractivity contribution is -0.153. The number of aliphatic hydroxyl groups excluding tert-OH is 2. The summed E-state index contributed by atoms with van der Waals surface area (Å²) < 4.78 is 5.16. The molecule has 31 heavy (non-hydrogen) atoms. The van der Waals surface area contributed by atoms with Gasteiger partial charge in [0.1, 0.15) is 5.75 Å². The molecule has 9 heteroatoms. The van der Waals surface area contributed by atoms with Crippen molar-refractivity contribution in [1.82, 2.24) is 10.2 Å². The van der Waals surface area contributed by atoms with Gasteiger partial charge in [-0.15, -0.1) is 0 Å².